The van der Waals surface area contributed by atoms with E-state index in [1.54, 1.807) is 6.07 Å². The van der Waals surface area contributed by atoms with Crippen LogP contribution in [0, 0.1) is 0 Å². The van der Waals surface area contributed by atoms with Crippen LogP contribution in [0.15, 0.2) is 18.3 Å². The van der Waals surface area contributed by atoms with Crippen LogP contribution in [0.25, 0.3) is 0 Å². The molecule has 0 bridgehead atoms. The Hall–Kier alpha value is -2.31. The molecular formula is C13H19N3O4. The number of aromatic nitrogens is 1. The number of hydrogen-bond acceptors (Lipinski definition) is 3. The molecule has 0 saturated heterocycles. The highest BCUT2D eigenvalue weighted by atomic mass is 16.4. The van der Waals surface area contributed by atoms with Crippen molar-refractivity contribution in [2.45, 2.75) is 26.3 Å². The average Bonchev–Trinajstić information content (AvgIpc) is 2.80. The number of carbonyl (C=O) groups excluding carboxylic acids is 2. The summed E-state index contributed by atoms with van der Waals surface area (Å²) >= 11 is 0. The zero-order valence-corrected chi connectivity index (χ0v) is 11.4. The van der Waals surface area contributed by atoms with Gasteiger partial charge in [0, 0.05) is 12.7 Å². The molecule has 0 aliphatic rings. The van der Waals surface area contributed by atoms with E-state index < -0.39 is 11.9 Å². The van der Waals surface area contributed by atoms with Crippen molar-refractivity contribution in [2.24, 2.45) is 5.73 Å². The van der Waals surface area contributed by atoms with Crippen molar-refractivity contribution < 1.29 is 19.5 Å². The number of primary amides is 1. The van der Waals surface area contributed by atoms with E-state index in [1.807, 2.05) is 6.92 Å². The fourth-order valence-corrected chi connectivity index (χ4v) is 1.84. The minimum absolute atomic E-state index is 0.170. The summed E-state index contributed by atoms with van der Waals surface area (Å²) < 4.78 is 1.34. The third-order valence-corrected chi connectivity index (χ3v) is 2.77. The van der Waals surface area contributed by atoms with Crippen LogP contribution in [0.1, 0.15) is 30.3 Å². The predicted octanol–water partition coefficient (Wildman–Crippen LogP) is 0.300. The van der Waals surface area contributed by atoms with E-state index in [2.05, 4.69) is 0 Å². The zero-order valence-electron chi connectivity index (χ0n) is 11.4. The maximum absolute atomic E-state index is 12.4. The maximum atomic E-state index is 12.4. The van der Waals surface area contributed by atoms with Crippen LogP contribution in [0.3, 0.4) is 0 Å². The Morgan fingerprint density at radius 3 is 2.65 bits per heavy atom. The van der Waals surface area contributed by atoms with Gasteiger partial charge in [-0.1, -0.05) is 13.3 Å². The monoisotopic (exact) mass is 281 g/mol. The largest absolute Gasteiger partial charge is 0.480 e. The van der Waals surface area contributed by atoms with Crippen LogP contribution < -0.4 is 5.73 Å². The molecule has 1 aromatic heterocycles. The Morgan fingerprint density at radius 2 is 2.10 bits per heavy atom. The van der Waals surface area contributed by atoms with Crippen molar-refractivity contribution in [3.05, 3.63) is 24.0 Å². The van der Waals surface area contributed by atoms with Gasteiger partial charge >= 0.3 is 5.97 Å². The van der Waals surface area contributed by atoms with Crippen molar-refractivity contribution in [3.63, 3.8) is 0 Å². The van der Waals surface area contributed by atoms with Crippen molar-refractivity contribution in [3.8, 4) is 0 Å². The molecule has 0 fully saturated rings. The highest BCUT2D eigenvalue weighted by Crippen LogP contribution is 2.08. The first-order valence-corrected chi connectivity index (χ1v) is 6.40. The number of nitrogens with two attached hydrogens (primary N) is 1. The van der Waals surface area contributed by atoms with E-state index >= 15 is 0 Å². The molecule has 7 nitrogen and oxygen atoms in total. The molecule has 0 spiro atoms. The maximum Gasteiger partial charge on any atom is 0.323 e. The van der Waals surface area contributed by atoms with Gasteiger partial charge in [-0.15, -0.1) is 0 Å². The Balaban J connectivity index is 2.90. The van der Waals surface area contributed by atoms with Gasteiger partial charge in [-0.3, -0.25) is 14.4 Å². The second-order valence-corrected chi connectivity index (χ2v) is 4.46. The first-order chi connectivity index (χ1) is 9.45. The normalized spacial score (nSPS) is 10.2. The molecule has 7 heteroatoms. The third kappa shape index (κ3) is 4.42. The standard InChI is InChI=1S/C13H19N3O4/c1-2-3-6-16(8-11(14)17)13(20)10-5-4-7-15(10)9-12(18)19/h4-5,7H,2-3,6,8-9H2,1H3,(H2,14,17)(H,18,19). The highest BCUT2D eigenvalue weighted by molar-refractivity contribution is 5.95. The number of unbranched alkanes of at least 4 members (excludes halogenated alkanes) is 1. The molecule has 0 aliphatic carbocycles. The fraction of sp³-hybridized carbons (Fsp3) is 0.462. The Morgan fingerprint density at radius 1 is 1.40 bits per heavy atom. The summed E-state index contributed by atoms with van der Waals surface area (Å²) in [6.45, 7) is 1.92. The van der Waals surface area contributed by atoms with E-state index in [1.165, 1.54) is 21.7 Å². The van der Waals surface area contributed by atoms with Gasteiger partial charge in [0.25, 0.3) is 5.91 Å². The number of nitrogens with zero attached hydrogens (tertiary/aromatic N) is 2. The number of carbonyl (C=O) groups is 3. The minimum Gasteiger partial charge on any atom is -0.480 e. The SMILES string of the molecule is CCCCN(CC(N)=O)C(=O)c1cccn1CC(=O)O. The van der Waals surface area contributed by atoms with Crippen LogP contribution in [0.5, 0.6) is 0 Å². The summed E-state index contributed by atoms with van der Waals surface area (Å²) in [4.78, 5) is 35.5. The van der Waals surface area contributed by atoms with Gasteiger partial charge in [-0.25, -0.2) is 0 Å². The van der Waals surface area contributed by atoms with Crippen LogP contribution >= 0.6 is 0 Å². The predicted molar refractivity (Wildman–Crippen MR) is 72.1 cm³/mol. The van der Waals surface area contributed by atoms with Gasteiger partial charge in [-0.2, -0.15) is 0 Å². The molecule has 0 aromatic carbocycles. The smallest absolute Gasteiger partial charge is 0.323 e. The lowest BCUT2D eigenvalue weighted by Gasteiger charge is -2.21. The zero-order chi connectivity index (χ0) is 15.1. The quantitative estimate of drug-likeness (QED) is 0.714. The Kier molecular flexibility index (Phi) is 5.76. The third-order valence-electron chi connectivity index (χ3n) is 2.77. The van der Waals surface area contributed by atoms with Crippen LogP contribution in [0.2, 0.25) is 0 Å². The highest BCUT2D eigenvalue weighted by Gasteiger charge is 2.20. The average molecular weight is 281 g/mol. The number of aliphatic carboxylic acids is 1. The number of carboxylic acid groups (broad SMARTS) is 1. The van der Waals surface area contributed by atoms with Crippen molar-refractivity contribution in [1.82, 2.24) is 9.47 Å². The van der Waals surface area contributed by atoms with E-state index in [-0.39, 0.29) is 24.7 Å². The van der Waals surface area contributed by atoms with E-state index in [0.29, 0.717) is 6.54 Å². The molecule has 0 saturated carbocycles. The molecule has 1 aromatic rings. The first-order valence-electron chi connectivity index (χ1n) is 6.40. The summed E-state index contributed by atoms with van der Waals surface area (Å²) in [6.07, 6.45) is 3.14. The van der Waals surface area contributed by atoms with Crippen LogP contribution in [-0.4, -0.2) is 45.4 Å². The van der Waals surface area contributed by atoms with Gasteiger partial charge < -0.3 is 20.3 Å². The Bertz CT molecular complexity index is 496. The number of hydrogen-bond donors (Lipinski definition) is 2. The van der Waals surface area contributed by atoms with Crippen molar-refractivity contribution in [2.75, 3.05) is 13.1 Å². The van der Waals surface area contributed by atoms with Crippen LogP contribution in [0.4, 0.5) is 0 Å². The fourth-order valence-electron chi connectivity index (χ4n) is 1.84. The molecule has 0 radical (unpaired) electrons. The Labute approximate surface area is 117 Å². The number of rotatable bonds is 8. The summed E-state index contributed by atoms with van der Waals surface area (Å²) in [7, 11) is 0. The lowest BCUT2D eigenvalue weighted by molar-refractivity contribution is -0.137. The van der Waals surface area contributed by atoms with Gasteiger partial charge in [0.15, 0.2) is 0 Å². The second kappa shape index (κ2) is 7.32. The molecule has 2 amide bonds. The summed E-state index contributed by atoms with van der Waals surface area (Å²) in [5, 5.41) is 8.80. The molecular weight excluding hydrogens is 262 g/mol. The molecule has 0 aliphatic heterocycles. The summed E-state index contributed by atoms with van der Waals surface area (Å²) in [5.74, 6) is -2.01. The van der Waals surface area contributed by atoms with Gasteiger partial charge in [0.1, 0.15) is 12.2 Å². The summed E-state index contributed by atoms with van der Waals surface area (Å²) in [5.41, 5.74) is 5.38. The number of carboxylic acids is 1. The van der Waals surface area contributed by atoms with Gasteiger partial charge in [-0.05, 0) is 18.6 Å². The van der Waals surface area contributed by atoms with Crippen LogP contribution in [-0.2, 0) is 16.1 Å². The topological polar surface area (TPSA) is 106 Å². The van der Waals surface area contributed by atoms with Crippen molar-refractivity contribution in [1.29, 1.82) is 0 Å². The molecule has 110 valence electrons. The lowest BCUT2D eigenvalue weighted by atomic mass is 10.2. The van der Waals surface area contributed by atoms with E-state index in [9.17, 15) is 14.4 Å². The molecule has 1 rings (SSSR count). The van der Waals surface area contributed by atoms with Crippen molar-refractivity contribution >= 4 is 17.8 Å². The van der Waals surface area contributed by atoms with E-state index in [0.717, 1.165) is 12.8 Å². The van der Waals surface area contributed by atoms with Gasteiger partial charge in [0.05, 0.1) is 6.54 Å². The molecule has 0 atom stereocenters. The lowest BCUT2D eigenvalue weighted by Crippen LogP contribution is -2.40. The van der Waals surface area contributed by atoms with E-state index in [4.69, 9.17) is 10.8 Å². The summed E-state index contributed by atoms with van der Waals surface area (Å²) in [6, 6.07) is 3.13. The molecule has 20 heavy (non-hydrogen) atoms. The number of amides is 2. The minimum atomic E-state index is -1.04. The van der Waals surface area contributed by atoms with Gasteiger partial charge in [0.2, 0.25) is 5.91 Å². The molecule has 1 heterocycles. The first kappa shape index (κ1) is 15.7. The molecule has 3 N–H and O–H groups in total. The second-order valence-electron chi connectivity index (χ2n) is 4.46. The molecule has 0 unspecified atom stereocenters.